The number of likely N-dealkylation sites (tertiary alicyclic amines) is 1. The van der Waals surface area contributed by atoms with Crippen LogP contribution in [0.1, 0.15) is 110 Å². The van der Waals surface area contributed by atoms with E-state index in [4.69, 9.17) is 23.7 Å². The van der Waals surface area contributed by atoms with Crippen molar-refractivity contribution in [2.75, 3.05) is 19.8 Å². The Morgan fingerprint density at radius 2 is 1.41 bits per heavy atom. The first-order chi connectivity index (χ1) is 25.7. The summed E-state index contributed by atoms with van der Waals surface area (Å²) in [7, 11) is 0. The van der Waals surface area contributed by atoms with Crippen molar-refractivity contribution in [1.82, 2.24) is 10.2 Å². The topological polar surface area (TPSA) is 147 Å². The summed E-state index contributed by atoms with van der Waals surface area (Å²) < 4.78 is 29.0. The van der Waals surface area contributed by atoms with Gasteiger partial charge in [0.25, 0.3) is 0 Å². The van der Waals surface area contributed by atoms with Gasteiger partial charge >= 0.3 is 24.0 Å². The molecule has 2 aromatic carbocycles. The van der Waals surface area contributed by atoms with Gasteiger partial charge < -0.3 is 29.0 Å². The second-order valence-electron chi connectivity index (χ2n) is 15.8. The number of carbonyl (C=O) groups is 5. The Balaban J connectivity index is 1.38. The number of amides is 2. The summed E-state index contributed by atoms with van der Waals surface area (Å²) in [6.45, 7) is 9.00. The third kappa shape index (κ3) is 10.6. The average molecular weight is 749 g/mol. The van der Waals surface area contributed by atoms with E-state index >= 15 is 0 Å². The molecule has 5 rings (SSSR count). The van der Waals surface area contributed by atoms with Crippen molar-refractivity contribution >= 4 is 29.9 Å². The molecule has 0 bridgehead atoms. The maximum atomic E-state index is 14.4. The standard InChI is InChI=1S/C42H56N2O10/c1-26(37(52-28(3)46)25-50-27(2)45)38(40(48)54-42(4,5)6)43-39(47)36-22-30(53-29-16-10-8-7-9-11-17-29)23-44(36)41(49)51-24-35-33-20-14-12-18-31(33)32-19-13-15-21-34(32)35/h12-15,18-21,26,29-30,35-38H,7-11,16-17,22-25H2,1-6H3,(H,43,47). The fourth-order valence-corrected chi connectivity index (χ4v) is 7.79. The first-order valence-corrected chi connectivity index (χ1v) is 19.3. The molecule has 5 unspecified atom stereocenters. The minimum Gasteiger partial charge on any atom is -0.462 e. The van der Waals surface area contributed by atoms with Gasteiger partial charge in [0.15, 0.2) is 0 Å². The molecule has 2 fully saturated rings. The Morgan fingerprint density at radius 1 is 0.815 bits per heavy atom. The predicted molar refractivity (Wildman–Crippen MR) is 200 cm³/mol. The molecule has 2 aliphatic carbocycles. The summed E-state index contributed by atoms with van der Waals surface area (Å²) in [5.41, 5.74) is 3.42. The number of hydrogen-bond acceptors (Lipinski definition) is 10. The van der Waals surface area contributed by atoms with Gasteiger partial charge in [-0.15, -0.1) is 0 Å². The average Bonchev–Trinajstić information content (AvgIpc) is 3.67. The molecule has 1 heterocycles. The van der Waals surface area contributed by atoms with E-state index in [1.54, 1.807) is 27.7 Å². The molecule has 0 radical (unpaired) electrons. The second kappa shape index (κ2) is 18.3. The number of rotatable bonds is 12. The Bertz CT molecular complexity index is 1600. The van der Waals surface area contributed by atoms with Crippen LogP contribution < -0.4 is 5.32 Å². The lowest BCUT2D eigenvalue weighted by molar-refractivity contribution is -0.168. The van der Waals surface area contributed by atoms with Crippen molar-refractivity contribution in [2.24, 2.45) is 5.92 Å². The Hall–Kier alpha value is -4.45. The SMILES string of the molecule is CC(=O)OCC(OC(C)=O)C(C)C(NC(=O)C1CC(OC2CCCCCCC2)CN1C(=O)OCC1c2ccccc2-c2ccccc21)C(=O)OC(C)(C)C. The van der Waals surface area contributed by atoms with Crippen molar-refractivity contribution in [3.63, 3.8) is 0 Å². The Morgan fingerprint density at radius 3 is 1.98 bits per heavy atom. The molecule has 1 saturated carbocycles. The van der Waals surface area contributed by atoms with Gasteiger partial charge in [-0.25, -0.2) is 9.59 Å². The summed E-state index contributed by atoms with van der Waals surface area (Å²) in [4.78, 5) is 67.3. The van der Waals surface area contributed by atoms with Gasteiger partial charge in [-0.1, -0.05) is 87.6 Å². The number of nitrogens with zero attached hydrogens (tertiary/aromatic N) is 1. The lowest BCUT2D eigenvalue weighted by atomic mass is 9.94. The second-order valence-corrected chi connectivity index (χ2v) is 15.8. The monoisotopic (exact) mass is 748 g/mol. The van der Waals surface area contributed by atoms with Crippen molar-refractivity contribution in [3.8, 4) is 11.1 Å². The number of fused-ring (bicyclic) bond motifs is 3. The van der Waals surface area contributed by atoms with Crippen LogP contribution in [-0.4, -0.2) is 90.6 Å². The van der Waals surface area contributed by atoms with E-state index in [0.717, 1.165) is 60.8 Å². The molecule has 1 aliphatic heterocycles. The maximum Gasteiger partial charge on any atom is 0.410 e. The normalized spacial score (nSPS) is 20.7. The van der Waals surface area contributed by atoms with Crippen LogP contribution in [0.25, 0.3) is 11.1 Å². The molecule has 3 aliphatic rings. The third-order valence-electron chi connectivity index (χ3n) is 10.4. The summed E-state index contributed by atoms with van der Waals surface area (Å²) >= 11 is 0. The van der Waals surface area contributed by atoms with E-state index in [0.29, 0.717) is 0 Å². The summed E-state index contributed by atoms with van der Waals surface area (Å²) in [5, 5.41) is 2.82. The highest BCUT2D eigenvalue weighted by atomic mass is 16.6. The highest BCUT2D eigenvalue weighted by molar-refractivity contribution is 5.90. The van der Waals surface area contributed by atoms with Crippen LogP contribution in [0, 0.1) is 5.92 Å². The van der Waals surface area contributed by atoms with E-state index in [1.165, 1.54) is 25.2 Å². The molecule has 1 N–H and O–H groups in total. The van der Waals surface area contributed by atoms with Crippen molar-refractivity contribution in [1.29, 1.82) is 0 Å². The molecule has 2 amide bonds. The van der Waals surface area contributed by atoms with Crippen LogP contribution in [0.4, 0.5) is 4.79 Å². The highest BCUT2D eigenvalue weighted by Crippen LogP contribution is 2.44. The molecule has 2 aromatic rings. The number of ether oxygens (including phenoxy) is 5. The molecule has 294 valence electrons. The number of esters is 3. The van der Waals surface area contributed by atoms with Crippen molar-refractivity contribution in [3.05, 3.63) is 59.7 Å². The largest absolute Gasteiger partial charge is 0.462 e. The van der Waals surface area contributed by atoms with Crippen LogP contribution in [0.5, 0.6) is 0 Å². The summed E-state index contributed by atoms with van der Waals surface area (Å²) in [6.07, 6.45) is 5.50. The zero-order valence-electron chi connectivity index (χ0n) is 32.5. The summed E-state index contributed by atoms with van der Waals surface area (Å²) in [5.74, 6) is -3.69. The van der Waals surface area contributed by atoms with Crippen molar-refractivity contribution < 1.29 is 47.7 Å². The number of nitrogens with one attached hydrogen (secondary N) is 1. The Labute approximate surface area is 318 Å². The van der Waals surface area contributed by atoms with E-state index in [2.05, 4.69) is 17.4 Å². The minimum atomic E-state index is -1.33. The fourth-order valence-electron chi connectivity index (χ4n) is 7.79. The van der Waals surface area contributed by atoms with E-state index in [-0.39, 0.29) is 38.2 Å². The van der Waals surface area contributed by atoms with Crippen molar-refractivity contribution in [2.45, 2.75) is 135 Å². The molecule has 0 spiro atoms. The van der Waals surface area contributed by atoms with Crippen LogP contribution in [0.2, 0.25) is 0 Å². The van der Waals surface area contributed by atoms with Gasteiger partial charge in [0.1, 0.15) is 37.0 Å². The number of hydrogen-bond donors (Lipinski definition) is 1. The molecule has 5 atom stereocenters. The minimum absolute atomic E-state index is 0.0155. The van der Waals surface area contributed by atoms with E-state index in [1.807, 2.05) is 36.4 Å². The van der Waals surface area contributed by atoms with Gasteiger partial charge in [-0.3, -0.25) is 19.3 Å². The first-order valence-electron chi connectivity index (χ1n) is 19.3. The quantitative estimate of drug-likeness (QED) is 0.189. The lowest BCUT2D eigenvalue weighted by Crippen LogP contribution is -2.56. The van der Waals surface area contributed by atoms with Crippen LogP contribution in [0.15, 0.2) is 48.5 Å². The number of carbonyl (C=O) groups excluding carboxylic acids is 5. The van der Waals surface area contributed by atoms with E-state index in [9.17, 15) is 24.0 Å². The van der Waals surface area contributed by atoms with Gasteiger partial charge in [0, 0.05) is 32.1 Å². The summed E-state index contributed by atoms with van der Waals surface area (Å²) in [6, 6.07) is 13.8. The van der Waals surface area contributed by atoms with Gasteiger partial charge in [-0.05, 0) is 55.9 Å². The van der Waals surface area contributed by atoms with E-state index < -0.39 is 65.7 Å². The third-order valence-corrected chi connectivity index (χ3v) is 10.4. The fraction of sp³-hybridized carbons (Fsp3) is 0.595. The van der Waals surface area contributed by atoms with Crippen LogP contribution >= 0.6 is 0 Å². The molecular weight excluding hydrogens is 692 g/mol. The number of benzene rings is 2. The lowest BCUT2D eigenvalue weighted by Gasteiger charge is -2.33. The van der Waals surface area contributed by atoms with Gasteiger partial charge in [0.2, 0.25) is 5.91 Å². The molecular formula is C42H56N2O10. The van der Waals surface area contributed by atoms with Gasteiger partial charge in [-0.2, -0.15) is 0 Å². The smallest absolute Gasteiger partial charge is 0.410 e. The molecule has 12 heteroatoms. The molecule has 1 saturated heterocycles. The first kappa shape index (κ1) is 40.7. The predicted octanol–water partition coefficient (Wildman–Crippen LogP) is 6.47. The molecule has 0 aromatic heterocycles. The highest BCUT2D eigenvalue weighted by Gasteiger charge is 2.45. The maximum absolute atomic E-state index is 14.4. The van der Waals surface area contributed by atoms with Crippen LogP contribution in [-0.2, 0) is 42.9 Å². The zero-order valence-corrected chi connectivity index (χ0v) is 32.5. The Kier molecular flexibility index (Phi) is 13.8. The molecule has 12 nitrogen and oxygen atoms in total. The van der Waals surface area contributed by atoms with Crippen LogP contribution in [0.3, 0.4) is 0 Å². The van der Waals surface area contributed by atoms with Gasteiger partial charge in [0.05, 0.1) is 18.8 Å². The zero-order chi connectivity index (χ0) is 39.0. The molecule has 54 heavy (non-hydrogen) atoms.